The molecule has 0 radical (unpaired) electrons. The van der Waals surface area contributed by atoms with E-state index in [9.17, 15) is 8.42 Å². The Morgan fingerprint density at radius 1 is 0.963 bits per heavy atom. The standard InChI is InChI=1S/C21H39N3O2S/c1-16(2)18-7-6-10-20(13-18)24-21(23-19-8-4-3-5-9-19)22-14-17-11-12-27(25,26)15-17/h16-20H,3-15H2,1-2H3,(H2,22,23,24). The quantitative estimate of drug-likeness (QED) is 0.550. The molecule has 6 heteroatoms. The van der Waals surface area contributed by atoms with E-state index in [0.29, 0.717) is 30.1 Å². The van der Waals surface area contributed by atoms with Crippen LogP contribution < -0.4 is 10.6 Å². The summed E-state index contributed by atoms with van der Waals surface area (Å²) < 4.78 is 23.5. The molecule has 3 atom stereocenters. The van der Waals surface area contributed by atoms with Crippen molar-refractivity contribution in [1.82, 2.24) is 10.6 Å². The first kappa shape index (κ1) is 20.9. The molecule has 2 N–H and O–H groups in total. The largest absolute Gasteiger partial charge is 0.354 e. The third-order valence-electron chi connectivity index (χ3n) is 6.78. The van der Waals surface area contributed by atoms with Gasteiger partial charge in [-0.2, -0.15) is 0 Å². The molecule has 0 aromatic heterocycles. The predicted octanol–water partition coefficient (Wildman–Crippen LogP) is 3.50. The molecule has 0 bridgehead atoms. The van der Waals surface area contributed by atoms with E-state index >= 15 is 0 Å². The second kappa shape index (κ2) is 9.62. The molecule has 156 valence electrons. The van der Waals surface area contributed by atoms with Crippen molar-refractivity contribution in [3.63, 3.8) is 0 Å². The highest BCUT2D eigenvalue weighted by molar-refractivity contribution is 7.91. The number of aliphatic imine (C=N–C) groups is 1. The van der Waals surface area contributed by atoms with Gasteiger partial charge in [0.05, 0.1) is 11.5 Å². The molecule has 3 aliphatic rings. The molecule has 0 aromatic rings. The first-order chi connectivity index (χ1) is 12.9. The summed E-state index contributed by atoms with van der Waals surface area (Å²) in [5.74, 6) is 3.31. The SMILES string of the molecule is CC(C)C1CCCC(NC(=NCC2CCS(=O)(=O)C2)NC2CCCCC2)C1. The highest BCUT2D eigenvalue weighted by atomic mass is 32.2. The van der Waals surface area contributed by atoms with Gasteiger partial charge in [0.15, 0.2) is 15.8 Å². The number of hydrogen-bond donors (Lipinski definition) is 2. The second-order valence-corrected chi connectivity index (χ2v) is 11.7. The van der Waals surface area contributed by atoms with E-state index in [4.69, 9.17) is 4.99 Å². The van der Waals surface area contributed by atoms with Crippen LogP contribution in [0, 0.1) is 17.8 Å². The highest BCUT2D eigenvalue weighted by Gasteiger charge is 2.29. The van der Waals surface area contributed by atoms with Crippen molar-refractivity contribution in [2.75, 3.05) is 18.1 Å². The second-order valence-electron chi connectivity index (χ2n) is 9.45. The van der Waals surface area contributed by atoms with Gasteiger partial charge in [-0.1, -0.05) is 46.0 Å². The lowest BCUT2D eigenvalue weighted by Gasteiger charge is -2.34. The van der Waals surface area contributed by atoms with Gasteiger partial charge in [0.1, 0.15) is 0 Å². The van der Waals surface area contributed by atoms with Crippen molar-refractivity contribution >= 4 is 15.8 Å². The summed E-state index contributed by atoms with van der Waals surface area (Å²) in [6, 6.07) is 1.01. The van der Waals surface area contributed by atoms with Gasteiger partial charge in [0.2, 0.25) is 0 Å². The van der Waals surface area contributed by atoms with Crippen LogP contribution in [-0.4, -0.2) is 44.5 Å². The lowest BCUT2D eigenvalue weighted by atomic mass is 9.79. The van der Waals surface area contributed by atoms with E-state index in [1.54, 1.807) is 0 Å². The van der Waals surface area contributed by atoms with Gasteiger partial charge >= 0.3 is 0 Å². The van der Waals surface area contributed by atoms with E-state index in [2.05, 4.69) is 24.5 Å². The lowest BCUT2D eigenvalue weighted by Crippen LogP contribution is -2.49. The normalized spacial score (nSPS) is 32.6. The van der Waals surface area contributed by atoms with Gasteiger partial charge in [-0.25, -0.2) is 8.42 Å². The molecule has 3 rings (SSSR count). The van der Waals surface area contributed by atoms with Crippen LogP contribution in [0.3, 0.4) is 0 Å². The van der Waals surface area contributed by atoms with Crippen LogP contribution in [0.25, 0.3) is 0 Å². The van der Waals surface area contributed by atoms with Crippen LogP contribution in [0.2, 0.25) is 0 Å². The van der Waals surface area contributed by atoms with Crippen molar-refractivity contribution in [3.8, 4) is 0 Å². The Hall–Kier alpha value is -0.780. The molecule has 0 aromatic carbocycles. The molecule has 27 heavy (non-hydrogen) atoms. The average Bonchev–Trinajstić information content (AvgIpc) is 3.00. The van der Waals surface area contributed by atoms with E-state index in [-0.39, 0.29) is 5.92 Å². The molecule has 0 spiro atoms. The van der Waals surface area contributed by atoms with Crippen LogP contribution in [0.4, 0.5) is 0 Å². The Morgan fingerprint density at radius 2 is 1.67 bits per heavy atom. The summed E-state index contributed by atoms with van der Waals surface area (Å²) in [7, 11) is -2.82. The Morgan fingerprint density at radius 3 is 2.33 bits per heavy atom. The van der Waals surface area contributed by atoms with Gasteiger partial charge in [0.25, 0.3) is 0 Å². The third-order valence-corrected chi connectivity index (χ3v) is 8.62. The summed E-state index contributed by atoms with van der Waals surface area (Å²) >= 11 is 0. The molecule has 5 nitrogen and oxygen atoms in total. The maximum absolute atomic E-state index is 11.7. The first-order valence-corrected chi connectivity index (χ1v) is 13.0. The van der Waals surface area contributed by atoms with Crippen molar-refractivity contribution in [1.29, 1.82) is 0 Å². The van der Waals surface area contributed by atoms with Crippen molar-refractivity contribution in [2.45, 2.75) is 90.1 Å². The van der Waals surface area contributed by atoms with Crippen LogP contribution in [0.5, 0.6) is 0 Å². The smallest absolute Gasteiger partial charge is 0.191 e. The Bertz CT molecular complexity index is 597. The first-order valence-electron chi connectivity index (χ1n) is 11.2. The molecule has 3 unspecified atom stereocenters. The number of guanidine groups is 1. The fourth-order valence-corrected chi connectivity index (χ4v) is 6.82. The lowest BCUT2D eigenvalue weighted by molar-refractivity contribution is 0.243. The van der Waals surface area contributed by atoms with Gasteiger partial charge in [-0.15, -0.1) is 0 Å². The van der Waals surface area contributed by atoms with Crippen LogP contribution in [0.15, 0.2) is 4.99 Å². The van der Waals surface area contributed by atoms with Gasteiger partial charge < -0.3 is 10.6 Å². The average molecular weight is 398 g/mol. The van der Waals surface area contributed by atoms with Crippen LogP contribution in [0.1, 0.15) is 78.1 Å². The minimum atomic E-state index is -2.82. The summed E-state index contributed by atoms with van der Waals surface area (Å²) in [6.07, 6.45) is 12.2. The van der Waals surface area contributed by atoms with Crippen molar-refractivity contribution in [3.05, 3.63) is 0 Å². The monoisotopic (exact) mass is 397 g/mol. The number of rotatable bonds is 5. The molecule has 2 saturated carbocycles. The highest BCUT2D eigenvalue weighted by Crippen LogP contribution is 2.30. The third kappa shape index (κ3) is 6.65. The predicted molar refractivity (Wildman–Crippen MR) is 113 cm³/mol. The summed E-state index contributed by atoms with van der Waals surface area (Å²) in [5, 5.41) is 7.40. The van der Waals surface area contributed by atoms with E-state index in [1.165, 1.54) is 57.8 Å². The van der Waals surface area contributed by atoms with Gasteiger partial charge in [0, 0.05) is 18.6 Å². The fraction of sp³-hybridized carbons (Fsp3) is 0.952. The zero-order chi connectivity index (χ0) is 19.3. The molecule has 0 amide bonds. The van der Waals surface area contributed by atoms with E-state index in [0.717, 1.165) is 24.2 Å². The number of nitrogens with one attached hydrogen (secondary N) is 2. The molecule has 1 heterocycles. The number of nitrogens with zero attached hydrogens (tertiary/aromatic N) is 1. The van der Waals surface area contributed by atoms with Gasteiger partial charge in [-0.05, 0) is 49.9 Å². The van der Waals surface area contributed by atoms with Gasteiger partial charge in [-0.3, -0.25) is 4.99 Å². The maximum Gasteiger partial charge on any atom is 0.191 e. The molecular formula is C21H39N3O2S. The summed E-state index contributed by atoms with van der Waals surface area (Å²) in [5.41, 5.74) is 0. The Kier molecular flexibility index (Phi) is 7.46. The van der Waals surface area contributed by atoms with E-state index in [1.807, 2.05) is 0 Å². The van der Waals surface area contributed by atoms with E-state index < -0.39 is 9.84 Å². The number of sulfone groups is 1. The summed E-state index contributed by atoms with van der Waals surface area (Å²) in [6.45, 7) is 5.30. The van der Waals surface area contributed by atoms with Crippen molar-refractivity contribution < 1.29 is 8.42 Å². The maximum atomic E-state index is 11.7. The number of hydrogen-bond acceptors (Lipinski definition) is 3. The zero-order valence-corrected chi connectivity index (χ0v) is 18.1. The molecule has 1 saturated heterocycles. The van der Waals surface area contributed by atoms with Crippen LogP contribution in [-0.2, 0) is 9.84 Å². The molecule has 1 aliphatic heterocycles. The topological polar surface area (TPSA) is 70.6 Å². The minimum absolute atomic E-state index is 0.190. The zero-order valence-electron chi connectivity index (χ0n) is 17.3. The Labute approximate surface area is 166 Å². The molecule has 2 aliphatic carbocycles. The van der Waals surface area contributed by atoms with Crippen molar-refractivity contribution in [2.24, 2.45) is 22.7 Å². The molecule has 3 fully saturated rings. The van der Waals surface area contributed by atoms with Crippen LogP contribution >= 0.6 is 0 Å². The molecular weight excluding hydrogens is 358 g/mol. The Balaban J connectivity index is 1.60. The fourth-order valence-electron chi connectivity index (χ4n) is 4.97. The summed E-state index contributed by atoms with van der Waals surface area (Å²) in [4.78, 5) is 4.86. The minimum Gasteiger partial charge on any atom is -0.354 e.